The highest BCUT2D eigenvalue weighted by Crippen LogP contribution is 2.26. The van der Waals surface area contributed by atoms with Gasteiger partial charge >= 0.3 is 0 Å². The molecule has 0 unspecified atom stereocenters. The topological polar surface area (TPSA) is 59.1 Å². The Kier molecular flexibility index (Phi) is 4.11. The van der Waals surface area contributed by atoms with Crippen LogP contribution in [0.25, 0.3) is 0 Å². The normalized spacial score (nSPS) is 11.5. The number of nitrogens with zero attached hydrogens (tertiary/aromatic N) is 1. The van der Waals surface area contributed by atoms with Crippen LogP contribution in [0, 0.1) is 24.4 Å². The fourth-order valence-electron chi connectivity index (χ4n) is 1.54. The molecule has 21 heavy (non-hydrogen) atoms. The van der Waals surface area contributed by atoms with Crippen LogP contribution in [0.4, 0.5) is 18.9 Å². The number of hydrogen-bond acceptors (Lipinski definition) is 3. The van der Waals surface area contributed by atoms with Gasteiger partial charge in [0.25, 0.3) is 10.0 Å². The molecule has 2 aromatic rings. The minimum absolute atomic E-state index is 0.0965. The number of halogens is 4. The molecule has 1 N–H and O–H groups in total. The molecular weight excluding hydrogens is 329 g/mol. The van der Waals surface area contributed by atoms with E-state index in [1.54, 1.807) is 6.92 Å². The Hall–Kier alpha value is -1.80. The van der Waals surface area contributed by atoms with E-state index >= 15 is 0 Å². The minimum atomic E-state index is -4.48. The highest BCUT2D eigenvalue weighted by molar-refractivity contribution is 7.92. The maximum atomic E-state index is 13.6. The molecule has 1 aromatic carbocycles. The van der Waals surface area contributed by atoms with Gasteiger partial charge in [-0.15, -0.1) is 0 Å². The van der Waals surface area contributed by atoms with Crippen molar-refractivity contribution in [2.75, 3.05) is 4.72 Å². The van der Waals surface area contributed by atoms with Gasteiger partial charge in [-0.05, 0) is 30.7 Å². The Bertz CT molecular complexity index is 812. The van der Waals surface area contributed by atoms with E-state index in [4.69, 9.17) is 11.6 Å². The number of rotatable bonds is 3. The zero-order chi connectivity index (χ0) is 15.8. The summed E-state index contributed by atoms with van der Waals surface area (Å²) in [6, 6.07) is 2.50. The molecule has 1 aromatic heterocycles. The Labute approximate surface area is 123 Å². The number of sulfonamides is 1. The van der Waals surface area contributed by atoms with Crippen LogP contribution in [0.2, 0.25) is 5.15 Å². The standard InChI is InChI=1S/C12H8ClF3N2O2S/c1-6-4-8(12(13)17-5-6)18-21(19,20)9-3-2-7(14)10(15)11(9)16/h2-5,18H,1H3. The van der Waals surface area contributed by atoms with Crippen LogP contribution < -0.4 is 4.72 Å². The number of pyridine rings is 1. The van der Waals surface area contributed by atoms with E-state index in [9.17, 15) is 21.6 Å². The van der Waals surface area contributed by atoms with E-state index < -0.39 is 32.4 Å². The summed E-state index contributed by atoms with van der Waals surface area (Å²) in [5.41, 5.74) is 0.503. The fourth-order valence-corrected chi connectivity index (χ4v) is 2.87. The Morgan fingerprint density at radius 3 is 2.52 bits per heavy atom. The summed E-state index contributed by atoms with van der Waals surface area (Å²) in [5.74, 6) is -5.16. The highest BCUT2D eigenvalue weighted by Gasteiger charge is 2.24. The van der Waals surface area contributed by atoms with Gasteiger partial charge < -0.3 is 0 Å². The first-order valence-electron chi connectivity index (χ1n) is 5.51. The van der Waals surface area contributed by atoms with Crippen molar-refractivity contribution in [3.63, 3.8) is 0 Å². The van der Waals surface area contributed by atoms with Gasteiger partial charge in [-0.25, -0.2) is 26.6 Å². The molecule has 112 valence electrons. The van der Waals surface area contributed by atoms with Crippen LogP contribution in [0.5, 0.6) is 0 Å². The van der Waals surface area contributed by atoms with E-state index in [2.05, 4.69) is 4.98 Å². The van der Waals surface area contributed by atoms with Crippen LogP contribution in [0.3, 0.4) is 0 Å². The second kappa shape index (κ2) is 5.53. The first-order valence-corrected chi connectivity index (χ1v) is 7.37. The van der Waals surface area contributed by atoms with Gasteiger partial charge in [0.05, 0.1) is 5.69 Å². The molecular formula is C12H8ClF3N2O2S. The zero-order valence-electron chi connectivity index (χ0n) is 10.5. The van der Waals surface area contributed by atoms with E-state index in [1.807, 2.05) is 4.72 Å². The molecule has 0 aliphatic carbocycles. The molecule has 0 spiro atoms. The lowest BCUT2D eigenvalue weighted by atomic mass is 10.3. The summed E-state index contributed by atoms with van der Waals surface area (Å²) in [5, 5.41) is -0.160. The van der Waals surface area contributed by atoms with Crippen molar-refractivity contribution in [1.82, 2.24) is 4.98 Å². The molecule has 0 aliphatic heterocycles. The van der Waals surface area contributed by atoms with Gasteiger partial charge in [-0.2, -0.15) is 0 Å². The van der Waals surface area contributed by atoms with Crippen LogP contribution >= 0.6 is 11.6 Å². The fraction of sp³-hybridized carbons (Fsp3) is 0.0833. The summed E-state index contributed by atoms with van der Waals surface area (Å²) in [7, 11) is -4.48. The van der Waals surface area contributed by atoms with Crippen molar-refractivity contribution in [3.8, 4) is 0 Å². The van der Waals surface area contributed by atoms with Gasteiger partial charge in [0.1, 0.15) is 4.90 Å². The SMILES string of the molecule is Cc1cnc(Cl)c(NS(=O)(=O)c2ccc(F)c(F)c2F)c1. The summed E-state index contributed by atoms with van der Waals surface area (Å²) in [6.07, 6.45) is 1.40. The molecule has 0 amide bonds. The Balaban J connectivity index is 2.49. The number of hydrogen-bond donors (Lipinski definition) is 1. The third-order valence-corrected chi connectivity index (χ3v) is 4.19. The Morgan fingerprint density at radius 2 is 1.86 bits per heavy atom. The van der Waals surface area contributed by atoms with Crippen molar-refractivity contribution in [3.05, 3.63) is 52.6 Å². The highest BCUT2D eigenvalue weighted by atomic mass is 35.5. The van der Waals surface area contributed by atoms with Gasteiger partial charge in [-0.1, -0.05) is 11.6 Å². The number of aromatic nitrogens is 1. The van der Waals surface area contributed by atoms with Crippen LogP contribution in [0.15, 0.2) is 29.3 Å². The van der Waals surface area contributed by atoms with Crippen molar-refractivity contribution < 1.29 is 21.6 Å². The maximum absolute atomic E-state index is 13.6. The van der Waals surface area contributed by atoms with E-state index in [0.29, 0.717) is 17.7 Å². The lowest BCUT2D eigenvalue weighted by Crippen LogP contribution is -2.16. The Morgan fingerprint density at radius 1 is 1.19 bits per heavy atom. The first kappa shape index (κ1) is 15.6. The third-order valence-electron chi connectivity index (χ3n) is 2.51. The van der Waals surface area contributed by atoms with Gasteiger partial charge in [0, 0.05) is 6.20 Å². The average Bonchev–Trinajstić information content (AvgIpc) is 2.39. The molecule has 0 saturated carbocycles. The number of aryl methyl sites for hydroxylation is 1. The smallest absolute Gasteiger partial charge is 0.265 e. The molecule has 0 saturated heterocycles. The average molecular weight is 337 g/mol. The molecule has 0 radical (unpaired) electrons. The minimum Gasteiger partial charge on any atom is -0.276 e. The number of anilines is 1. The van der Waals surface area contributed by atoms with Crippen LogP contribution in [0.1, 0.15) is 5.56 Å². The molecule has 4 nitrogen and oxygen atoms in total. The van der Waals surface area contributed by atoms with Gasteiger partial charge in [-0.3, -0.25) is 4.72 Å². The van der Waals surface area contributed by atoms with Gasteiger partial charge in [0.15, 0.2) is 22.6 Å². The maximum Gasteiger partial charge on any atom is 0.265 e. The molecule has 0 aliphatic rings. The van der Waals surface area contributed by atoms with E-state index in [0.717, 1.165) is 0 Å². The second-order valence-electron chi connectivity index (χ2n) is 4.13. The van der Waals surface area contributed by atoms with Crippen LogP contribution in [-0.4, -0.2) is 13.4 Å². The van der Waals surface area contributed by atoms with Crippen molar-refractivity contribution in [1.29, 1.82) is 0 Å². The lowest BCUT2D eigenvalue weighted by Gasteiger charge is -2.10. The van der Waals surface area contributed by atoms with Crippen molar-refractivity contribution in [2.24, 2.45) is 0 Å². The second-order valence-corrected chi connectivity index (χ2v) is 6.14. The van der Waals surface area contributed by atoms with E-state index in [-0.39, 0.29) is 10.8 Å². The summed E-state index contributed by atoms with van der Waals surface area (Å²) in [4.78, 5) is 2.69. The largest absolute Gasteiger partial charge is 0.276 e. The monoisotopic (exact) mass is 336 g/mol. The molecule has 1 heterocycles. The first-order chi connectivity index (χ1) is 9.72. The third kappa shape index (κ3) is 3.11. The number of nitrogens with one attached hydrogen (secondary N) is 1. The molecule has 0 bridgehead atoms. The number of benzene rings is 1. The molecule has 2 rings (SSSR count). The zero-order valence-corrected chi connectivity index (χ0v) is 12.1. The molecule has 0 atom stereocenters. The predicted molar refractivity (Wildman–Crippen MR) is 71.1 cm³/mol. The lowest BCUT2D eigenvalue weighted by molar-refractivity contribution is 0.432. The molecule has 0 fully saturated rings. The van der Waals surface area contributed by atoms with Gasteiger partial charge in [0.2, 0.25) is 0 Å². The summed E-state index contributed by atoms with van der Waals surface area (Å²) >= 11 is 5.72. The van der Waals surface area contributed by atoms with Crippen molar-refractivity contribution in [2.45, 2.75) is 11.8 Å². The van der Waals surface area contributed by atoms with E-state index in [1.165, 1.54) is 12.3 Å². The predicted octanol–water partition coefficient (Wildman–Crippen LogP) is 3.26. The molecule has 9 heteroatoms. The van der Waals surface area contributed by atoms with Crippen LogP contribution in [-0.2, 0) is 10.0 Å². The van der Waals surface area contributed by atoms with Crippen molar-refractivity contribution >= 4 is 27.3 Å². The summed E-state index contributed by atoms with van der Waals surface area (Å²) in [6.45, 7) is 1.64. The summed E-state index contributed by atoms with van der Waals surface area (Å²) < 4.78 is 65.5. The quantitative estimate of drug-likeness (QED) is 0.691.